The Morgan fingerprint density at radius 1 is 0.935 bits per heavy atom. The quantitative estimate of drug-likeness (QED) is 0.520. The standard InChI is InChI=1S/C22H14Cl2O7/c1-28-13-5-3-4-9-15(13)22(31-21(9)27)10-6-7-12(25)16(23)19(10)30-20-11(22)8-14(29-2)18(26)17(20)24/h3-8,25-26H,1-2H3. The first kappa shape index (κ1) is 19.7. The maximum atomic E-state index is 13.0. The molecule has 3 aromatic carbocycles. The van der Waals surface area contributed by atoms with Gasteiger partial charge in [0.05, 0.1) is 30.9 Å². The Labute approximate surface area is 186 Å². The van der Waals surface area contributed by atoms with Gasteiger partial charge in [-0.15, -0.1) is 0 Å². The monoisotopic (exact) mass is 460 g/mol. The third-order valence-corrected chi connectivity index (χ3v) is 6.20. The molecule has 31 heavy (non-hydrogen) atoms. The number of hydrogen-bond donors (Lipinski definition) is 2. The van der Waals surface area contributed by atoms with Crippen LogP contribution in [0.5, 0.6) is 34.5 Å². The number of benzene rings is 3. The molecular weight excluding hydrogens is 447 g/mol. The Kier molecular flexibility index (Phi) is 4.19. The second-order valence-electron chi connectivity index (χ2n) is 6.95. The lowest BCUT2D eigenvalue weighted by Crippen LogP contribution is -2.33. The number of phenols is 2. The van der Waals surface area contributed by atoms with E-state index >= 15 is 0 Å². The molecule has 0 saturated carbocycles. The number of rotatable bonds is 2. The summed E-state index contributed by atoms with van der Waals surface area (Å²) in [6.07, 6.45) is 0. The van der Waals surface area contributed by atoms with Crippen LogP contribution in [0.1, 0.15) is 27.0 Å². The topological polar surface area (TPSA) is 94.5 Å². The molecule has 2 aliphatic heterocycles. The van der Waals surface area contributed by atoms with Gasteiger partial charge in [-0.2, -0.15) is 0 Å². The van der Waals surface area contributed by atoms with Gasteiger partial charge >= 0.3 is 5.97 Å². The van der Waals surface area contributed by atoms with Crippen LogP contribution < -0.4 is 14.2 Å². The Balaban J connectivity index is 1.99. The molecule has 1 atom stereocenters. The van der Waals surface area contributed by atoms with Crippen molar-refractivity contribution >= 4 is 29.2 Å². The van der Waals surface area contributed by atoms with Gasteiger partial charge in [0.2, 0.25) is 0 Å². The van der Waals surface area contributed by atoms with Crippen LogP contribution in [0.2, 0.25) is 10.0 Å². The van der Waals surface area contributed by atoms with Crippen molar-refractivity contribution < 1.29 is 34.0 Å². The minimum Gasteiger partial charge on any atom is -0.506 e. The predicted octanol–water partition coefficient (Wildman–Crippen LogP) is 4.99. The largest absolute Gasteiger partial charge is 0.506 e. The van der Waals surface area contributed by atoms with Crippen LogP contribution in [0.3, 0.4) is 0 Å². The summed E-state index contributed by atoms with van der Waals surface area (Å²) in [5.41, 5.74) is -0.227. The molecule has 0 radical (unpaired) electrons. The summed E-state index contributed by atoms with van der Waals surface area (Å²) >= 11 is 12.8. The van der Waals surface area contributed by atoms with Crippen LogP contribution in [0.15, 0.2) is 36.4 Å². The molecule has 158 valence electrons. The number of ether oxygens (including phenoxy) is 4. The highest BCUT2D eigenvalue weighted by Gasteiger charge is 2.56. The van der Waals surface area contributed by atoms with Gasteiger partial charge in [0, 0.05) is 5.56 Å². The molecule has 0 bridgehead atoms. The third kappa shape index (κ3) is 2.38. The lowest BCUT2D eigenvalue weighted by molar-refractivity contribution is 0.0219. The van der Waals surface area contributed by atoms with Crippen LogP contribution in [-0.2, 0) is 10.3 Å². The number of halogens is 2. The van der Waals surface area contributed by atoms with E-state index in [9.17, 15) is 15.0 Å². The van der Waals surface area contributed by atoms with E-state index in [1.807, 2.05) is 0 Å². The zero-order valence-electron chi connectivity index (χ0n) is 16.2. The highest BCUT2D eigenvalue weighted by atomic mass is 35.5. The van der Waals surface area contributed by atoms with Crippen LogP contribution in [-0.4, -0.2) is 30.4 Å². The molecule has 0 aromatic heterocycles. The molecule has 0 saturated heterocycles. The number of carbonyl (C=O) groups is 1. The van der Waals surface area contributed by atoms with E-state index in [4.69, 9.17) is 42.1 Å². The number of esters is 1. The number of aromatic hydroxyl groups is 2. The maximum Gasteiger partial charge on any atom is 0.340 e. The van der Waals surface area contributed by atoms with Crippen LogP contribution in [0, 0.1) is 0 Å². The summed E-state index contributed by atoms with van der Waals surface area (Å²) in [5.74, 6) is -0.715. The lowest BCUT2D eigenvalue weighted by atomic mass is 9.77. The molecule has 2 heterocycles. The van der Waals surface area contributed by atoms with Crippen LogP contribution in [0.25, 0.3) is 0 Å². The molecule has 0 aliphatic carbocycles. The third-order valence-electron chi connectivity index (χ3n) is 5.48. The normalized spacial score (nSPS) is 18.0. The molecule has 5 rings (SSSR count). The van der Waals surface area contributed by atoms with Gasteiger partial charge in [-0.1, -0.05) is 29.3 Å². The molecule has 3 aromatic rings. The second kappa shape index (κ2) is 6.60. The highest BCUT2D eigenvalue weighted by molar-refractivity contribution is 6.35. The van der Waals surface area contributed by atoms with Crippen molar-refractivity contribution in [3.63, 3.8) is 0 Å². The van der Waals surface area contributed by atoms with Crippen molar-refractivity contribution in [1.82, 2.24) is 0 Å². The molecule has 7 nitrogen and oxygen atoms in total. The lowest BCUT2D eigenvalue weighted by Gasteiger charge is -2.37. The zero-order valence-corrected chi connectivity index (χ0v) is 17.7. The summed E-state index contributed by atoms with van der Waals surface area (Å²) < 4.78 is 22.8. The Morgan fingerprint density at radius 2 is 1.65 bits per heavy atom. The van der Waals surface area contributed by atoms with Crippen molar-refractivity contribution in [2.45, 2.75) is 5.60 Å². The number of fused-ring (bicyclic) bond motifs is 6. The van der Waals surface area contributed by atoms with Crippen molar-refractivity contribution in [3.05, 3.63) is 68.7 Å². The predicted molar refractivity (Wildman–Crippen MR) is 111 cm³/mol. The first-order chi connectivity index (χ1) is 14.8. The molecule has 0 amide bonds. The first-order valence-electron chi connectivity index (χ1n) is 9.05. The number of methoxy groups -OCH3 is 2. The molecule has 2 N–H and O–H groups in total. The molecular formula is C22H14Cl2O7. The number of carbonyl (C=O) groups excluding carboxylic acids is 1. The minimum atomic E-state index is -1.58. The minimum absolute atomic E-state index is 0.00604. The molecule has 9 heteroatoms. The van der Waals surface area contributed by atoms with Gasteiger partial charge in [0.15, 0.2) is 28.6 Å². The van der Waals surface area contributed by atoms with Gasteiger partial charge in [0.25, 0.3) is 0 Å². The van der Waals surface area contributed by atoms with Crippen molar-refractivity contribution in [3.8, 4) is 34.5 Å². The molecule has 1 spiro atoms. The Hall–Kier alpha value is -3.29. The Morgan fingerprint density at radius 3 is 2.35 bits per heavy atom. The van der Waals surface area contributed by atoms with Gasteiger partial charge in [-0.3, -0.25) is 0 Å². The van der Waals surface area contributed by atoms with Crippen molar-refractivity contribution in [1.29, 1.82) is 0 Å². The fourth-order valence-corrected chi connectivity index (χ4v) is 4.58. The van der Waals surface area contributed by atoms with Crippen LogP contribution >= 0.6 is 23.2 Å². The van der Waals surface area contributed by atoms with Crippen molar-refractivity contribution in [2.24, 2.45) is 0 Å². The second-order valence-corrected chi connectivity index (χ2v) is 7.70. The molecule has 1 unspecified atom stereocenters. The maximum absolute atomic E-state index is 13.0. The number of phenolic OH excluding ortho intramolecular Hbond substituents is 2. The average Bonchev–Trinajstić information content (AvgIpc) is 3.07. The summed E-state index contributed by atoms with van der Waals surface area (Å²) in [6, 6.07) is 9.38. The SMILES string of the molecule is COc1cc2c(c(Cl)c1O)Oc1c(ccc(O)c1Cl)C21OC(=O)c2cccc(OC)c21. The Bertz CT molecular complexity index is 1290. The fraction of sp³-hybridized carbons (Fsp3) is 0.136. The average molecular weight is 461 g/mol. The molecule has 2 aliphatic rings. The smallest absolute Gasteiger partial charge is 0.340 e. The van der Waals surface area contributed by atoms with Gasteiger partial charge in [-0.05, 0) is 30.3 Å². The van der Waals surface area contributed by atoms with E-state index < -0.39 is 11.6 Å². The van der Waals surface area contributed by atoms with E-state index in [2.05, 4.69) is 0 Å². The highest BCUT2D eigenvalue weighted by Crippen LogP contribution is 2.63. The van der Waals surface area contributed by atoms with E-state index in [0.717, 1.165) is 0 Å². The van der Waals surface area contributed by atoms with E-state index in [1.165, 1.54) is 26.4 Å². The zero-order chi connectivity index (χ0) is 22.1. The summed E-state index contributed by atoms with van der Waals surface area (Å²) in [7, 11) is 2.84. The first-order valence-corrected chi connectivity index (χ1v) is 9.81. The summed E-state index contributed by atoms with van der Waals surface area (Å²) in [5, 5.41) is 20.3. The van der Waals surface area contributed by atoms with E-state index in [-0.39, 0.29) is 44.4 Å². The summed E-state index contributed by atoms with van der Waals surface area (Å²) in [6.45, 7) is 0. The number of hydrogen-bond acceptors (Lipinski definition) is 7. The summed E-state index contributed by atoms with van der Waals surface area (Å²) in [4.78, 5) is 13.0. The molecule has 0 fully saturated rings. The van der Waals surface area contributed by atoms with Crippen molar-refractivity contribution in [2.75, 3.05) is 14.2 Å². The van der Waals surface area contributed by atoms with Gasteiger partial charge in [-0.25, -0.2) is 4.79 Å². The van der Waals surface area contributed by atoms with Gasteiger partial charge < -0.3 is 29.2 Å². The van der Waals surface area contributed by atoms with Crippen LogP contribution in [0.4, 0.5) is 0 Å². The fourth-order valence-electron chi connectivity index (χ4n) is 4.14. The van der Waals surface area contributed by atoms with E-state index in [1.54, 1.807) is 24.3 Å². The van der Waals surface area contributed by atoms with Gasteiger partial charge in [0.1, 0.15) is 21.5 Å². The van der Waals surface area contributed by atoms with E-state index in [0.29, 0.717) is 22.4 Å².